The maximum absolute atomic E-state index is 13.0. The van der Waals surface area contributed by atoms with Crippen LogP contribution in [0.15, 0.2) is 96.0 Å². The average Bonchev–Trinajstić information content (AvgIpc) is 3.31. The van der Waals surface area contributed by atoms with E-state index >= 15 is 0 Å². The van der Waals surface area contributed by atoms with E-state index in [2.05, 4.69) is 32.3 Å². The molecule has 1 heterocycles. The molecule has 31 heavy (non-hydrogen) atoms. The van der Waals surface area contributed by atoms with Gasteiger partial charge in [-0.25, -0.2) is 4.98 Å². The number of aromatic nitrogens is 2. The van der Waals surface area contributed by atoms with E-state index in [0.29, 0.717) is 29.8 Å². The Balaban J connectivity index is 1.47. The minimum absolute atomic E-state index is 0.180. The zero-order chi connectivity index (χ0) is 21.6. The zero-order valence-corrected chi connectivity index (χ0v) is 18.2. The first-order chi connectivity index (χ1) is 15.1. The summed E-state index contributed by atoms with van der Waals surface area (Å²) in [7, 11) is 0. The van der Waals surface area contributed by atoms with Crippen molar-refractivity contribution in [3.05, 3.63) is 124 Å². The second-order valence-electron chi connectivity index (χ2n) is 7.12. The molecule has 5 nitrogen and oxygen atoms in total. The normalized spacial score (nSPS) is 10.6. The van der Waals surface area contributed by atoms with Crippen LogP contribution in [0.5, 0.6) is 0 Å². The van der Waals surface area contributed by atoms with Gasteiger partial charge in [-0.2, -0.15) is 0 Å². The topological polar surface area (TPSA) is 64.0 Å². The van der Waals surface area contributed by atoms with Crippen LogP contribution in [-0.4, -0.2) is 21.2 Å². The van der Waals surface area contributed by atoms with Crippen molar-refractivity contribution < 1.29 is 9.59 Å². The van der Waals surface area contributed by atoms with E-state index in [9.17, 15) is 9.59 Å². The van der Waals surface area contributed by atoms with Crippen molar-refractivity contribution in [2.24, 2.45) is 0 Å². The lowest BCUT2D eigenvalue weighted by atomic mass is 9.98. The number of nitrogens with zero attached hydrogens (tertiary/aromatic N) is 2. The van der Waals surface area contributed by atoms with Gasteiger partial charge in [0.05, 0.1) is 11.9 Å². The third-order valence-electron chi connectivity index (χ3n) is 4.89. The number of benzene rings is 3. The van der Waals surface area contributed by atoms with E-state index in [1.165, 1.54) is 0 Å². The molecule has 0 aliphatic heterocycles. The minimum Gasteiger partial charge on any atom is -0.348 e. The van der Waals surface area contributed by atoms with Gasteiger partial charge in [-0.1, -0.05) is 58.4 Å². The molecule has 1 aromatic heterocycles. The number of imidazole rings is 1. The van der Waals surface area contributed by atoms with E-state index in [1.54, 1.807) is 48.9 Å². The summed E-state index contributed by atoms with van der Waals surface area (Å²) >= 11 is 3.37. The van der Waals surface area contributed by atoms with Crippen LogP contribution in [0, 0.1) is 0 Å². The monoisotopic (exact) mass is 473 g/mol. The summed E-state index contributed by atoms with van der Waals surface area (Å²) in [5.41, 5.74) is 3.40. The number of nitrogens with one attached hydrogen (secondary N) is 1. The molecule has 4 rings (SSSR count). The fourth-order valence-electron chi connectivity index (χ4n) is 3.34. The van der Waals surface area contributed by atoms with Crippen molar-refractivity contribution >= 4 is 27.6 Å². The molecule has 3 aromatic carbocycles. The van der Waals surface area contributed by atoms with Crippen LogP contribution in [0.25, 0.3) is 0 Å². The second kappa shape index (κ2) is 9.53. The first kappa shape index (κ1) is 20.8. The van der Waals surface area contributed by atoms with Gasteiger partial charge in [0, 0.05) is 41.1 Å². The standard InChI is InChI=1S/C25H20BrN3O2/c26-21-10-8-20(9-11-21)24(30)22-6-1-2-7-23(22)25(31)28-15-18-4-3-5-19(14-18)16-29-13-12-27-17-29/h1-14,17H,15-16H2,(H,28,31). The SMILES string of the molecule is O=C(NCc1cccc(Cn2ccnc2)c1)c1ccccc1C(=O)c1ccc(Br)cc1. The molecular weight excluding hydrogens is 454 g/mol. The van der Waals surface area contributed by atoms with Crippen molar-refractivity contribution in [3.63, 3.8) is 0 Å². The van der Waals surface area contributed by atoms with Gasteiger partial charge in [0.2, 0.25) is 0 Å². The summed E-state index contributed by atoms with van der Waals surface area (Å²) in [5.74, 6) is -0.457. The molecule has 0 saturated heterocycles. The van der Waals surface area contributed by atoms with Crippen molar-refractivity contribution in [2.75, 3.05) is 0 Å². The first-order valence-corrected chi connectivity index (χ1v) is 10.6. The summed E-state index contributed by atoms with van der Waals surface area (Å²) in [6.45, 7) is 1.09. The molecular formula is C25H20BrN3O2. The van der Waals surface area contributed by atoms with E-state index in [-0.39, 0.29) is 11.7 Å². The Hall–Kier alpha value is -3.51. The maximum atomic E-state index is 13.0. The van der Waals surface area contributed by atoms with Crippen LogP contribution in [0.4, 0.5) is 0 Å². The lowest BCUT2D eigenvalue weighted by Gasteiger charge is -2.11. The first-order valence-electron chi connectivity index (χ1n) is 9.81. The van der Waals surface area contributed by atoms with Crippen LogP contribution in [0.3, 0.4) is 0 Å². The van der Waals surface area contributed by atoms with Gasteiger partial charge in [0.1, 0.15) is 0 Å². The van der Waals surface area contributed by atoms with Gasteiger partial charge in [-0.15, -0.1) is 0 Å². The predicted molar refractivity (Wildman–Crippen MR) is 123 cm³/mol. The average molecular weight is 474 g/mol. The number of halogens is 1. The maximum Gasteiger partial charge on any atom is 0.252 e. The number of carbonyl (C=O) groups excluding carboxylic acids is 2. The molecule has 0 bridgehead atoms. The van der Waals surface area contributed by atoms with Crippen LogP contribution in [-0.2, 0) is 13.1 Å². The Bertz CT molecular complexity index is 1200. The summed E-state index contributed by atoms with van der Waals surface area (Å²) in [6.07, 6.45) is 5.43. The van der Waals surface area contributed by atoms with E-state index in [4.69, 9.17) is 0 Å². The quantitative estimate of drug-likeness (QED) is 0.390. The van der Waals surface area contributed by atoms with Crippen molar-refractivity contribution in [2.45, 2.75) is 13.1 Å². The highest BCUT2D eigenvalue weighted by molar-refractivity contribution is 9.10. The summed E-state index contributed by atoms with van der Waals surface area (Å²) in [4.78, 5) is 29.9. The second-order valence-corrected chi connectivity index (χ2v) is 8.03. The summed E-state index contributed by atoms with van der Waals surface area (Å²) < 4.78 is 2.88. The van der Waals surface area contributed by atoms with Gasteiger partial charge in [-0.3, -0.25) is 9.59 Å². The molecule has 6 heteroatoms. The lowest BCUT2D eigenvalue weighted by Crippen LogP contribution is -2.25. The lowest BCUT2D eigenvalue weighted by molar-refractivity contribution is 0.0939. The van der Waals surface area contributed by atoms with E-state index in [0.717, 1.165) is 15.6 Å². The van der Waals surface area contributed by atoms with Crippen LogP contribution in [0.1, 0.15) is 37.4 Å². The number of ketones is 1. The van der Waals surface area contributed by atoms with Crippen molar-refractivity contribution in [1.29, 1.82) is 0 Å². The highest BCUT2D eigenvalue weighted by Gasteiger charge is 2.18. The third-order valence-corrected chi connectivity index (χ3v) is 5.42. The Morgan fingerprint density at radius 1 is 0.903 bits per heavy atom. The fourth-order valence-corrected chi connectivity index (χ4v) is 3.61. The molecule has 0 saturated carbocycles. The largest absolute Gasteiger partial charge is 0.348 e. The molecule has 154 valence electrons. The van der Waals surface area contributed by atoms with E-state index in [1.807, 2.05) is 41.1 Å². The van der Waals surface area contributed by atoms with Gasteiger partial charge in [0.15, 0.2) is 5.78 Å². The van der Waals surface area contributed by atoms with Crippen molar-refractivity contribution in [1.82, 2.24) is 14.9 Å². The Morgan fingerprint density at radius 2 is 1.65 bits per heavy atom. The van der Waals surface area contributed by atoms with Gasteiger partial charge in [-0.05, 0) is 41.5 Å². The number of amides is 1. The number of hydrogen-bond acceptors (Lipinski definition) is 3. The molecule has 0 fully saturated rings. The minimum atomic E-state index is -0.277. The Morgan fingerprint density at radius 3 is 2.39 bits per heavy atom. The summed E-state index contributed by atoms with van der Waals surface area (Å²) in [6, 6.07) is 22.0. The molecule has 0 atom stereocenters. The van der Waals surface area contributed by atoms with Gasteiger partial charge in [0.25, 0.3) is 5.91 Å². The highest BCUT2D eigenvalue weighted by atomic mass is 79.9. The number of hydrogen-bond donors (Lipinski definition) is 1. The molecule has 1 N–H and O–H groups in total. The molecule has 4 aromatic rings. The third kappa shape index (κ3) is 5.16. The van der Waals surface area contributed by atoms with Crippen LogP contribution >= 0.6 is 15.9 Å². The van der Waals surface area contributed by atoms with Crippen LogP contribution < -0.4 is 5.32 Å². The van der Waals surface area contributed by atoms with Gasteiger partial charge >= 0.3 is 0 Å². The Labute approximate surface area is 188 Å². The van der Waals surface area contributed by atoms with Crippen molar-refractivity contribution in [3.8, 4) is 0 Å². The molecule has 1 amide bonds. The van der Waals surface area contributed by atoms with Crippen LogP contribution in [0.2, 0.25) is 0 Å². The molecule has 0 aliphatic rings. The molecule has 0 unspecified atom stereocenters. The van der Waals surface area contributed by atoms with E-state index < -0.39 is 0 Å². The molecule has 0 aliphatic carbocycles. The number of rotatable bonds is 7. The van der Waals surface area contributed by atoms with Gasteiger partial charge < -0.3 is 9.88 Å². The predicted octanol–water partition coefficient (Wildman–Crippen LogP) is 4.85. The smallest absolute Gasteiger partial charge is 0.252 e. The molecule has 0 spiro atoms. The highest BCUT2D eigenvalue weighted by Crippen LogP contribution is 2.18. The zero-order valence-electron chi connectivity index (χ0n) is 16.7. The fraction of sp³-hybridized carbons (Fsp3) is 0.0800. The Kier molecular flexibility index (Phi) is 6.38. The number of carbonyl (C=O) groups is 2. The summed E-state index contributed by atoms with van der Waals surface area (Å²) in [5, 5.41) is 2.94. The molecule has 0 radical (unpaired) electrons.